The van der Waals surface area contributed by atoms with E-state index in [-0.39, 0.29) is 58.8 Å². The van der Waals surface area contributed by atoms with Crippen LogP contribution >= 0.6 is 0 Å². The van der Waals surface area contributed by atoms with Crippen LogP contribution in [0, 0.1) is 0 Å². The molecule has 2 aromatic carbocycles. The maximum atomic E-state index is 12.8. The molecule has 28 heavy (non-hydrogen) atoms. The van der Waals surface area contributed by atoms with Crippen LogP contribution < -0.4 is 5.73 Å². The Hall–Kier alpha value is -2.78. The van der Waals surface area contributed by atoms with Gasteiger partial charge in [-0.15, -0.1) is 0 Å². The summed E-state index contributed by atoms with van der Waals surface area (Å²) in [4.78, 5) is 25.6. The van der Waals surface area contributed by atoms with E-state index >= 15 is 0 Å². The molecule has 0 bridgehead atoms. The number of aromatic hydroxyl groups is 2. The third-order valence-electron chi connectivity index (χ3n) is 5.25. The van der Waals surface area contributed by atoms with Gasteiger partial charge in [-0.2, -0.15) is 0 Å². The molecule has 8 heteroatoms. The molecule has 4 N–H and O–H groups in total. The normalized spacial score (nSPS) is 27.8. The lowest BCUT2D eigenvalue weighted by Crippen LogP contribution is -2.39. The first-order chi connectivity index (χ1) is 13.4. The van der Waals surface area contributed by atoms with Gasteiger partial charge in [-0.1, -0.05) is 12.1 Å². The summed E-state index contributed by atoms with van der Waals surface area (Å²) in [5, 5.41) is 20.4. The largest absolute Gasteiger partial charge is 0.507 e. The predicted octanol–water partition coefficient (Wildman–Crippen LogP) is 1.19. The van der Waals surface area contributed by atoms with Crippen molar-refractivity contribution in [2.75, 3.05) is 0 Å². The molecule has 0 radical (unpaired) electrons. The molecular formula is C20H17NO7. The fourth-order valence-electron chi connectivity index (χ4n) is 3.80. The summed E-state index contributed by atoms with van der Waals surface area (Å²) in [6, 6.07) is 7.02. The molecule has 0 aromatic heterocycles. The van der Waals surface area contributed by atoms with E-state index in [1.54, 1.807) is 0 Å². The number of ketones is 2. The molecule has 1 unspecified atom stereocenters. The van der Waals surface area contributed by atoms with Gasteiger partial charge in [-0.3, -0.25) is 9.59 Å². The molecule has 2 aliphatic heterocycles. The minimum Gasteiger partial charge on any atom is -0.507 e. The number of fused-ring (bicyclic) bond motifs is 3. The molecule has 0 amide bonds. The van der Waals surface area contributed by atoms with Gasteiger partial charge in [0.1, 0.15) is 17.6 Å². The van der Waals surface area contributed by atoms with E-state index in [2.05, 4.69) is 0 Å². The van der Waals surface area contributed by atoms with E-state index in [1.807, 2.05) is 0 Å². The SMILES string of the molecule is N[C@H]1C[C@@H](OCc2cc(O)c3c(c2)C(=O)c2cccc(O)c2C3=O)OC2O[C@@H]21. The van der Waals surface area contributed by atoms with Gasteiger partial charge in [0.2, 0.25) is 5.78 Å². The van der Waals surface area contributed by atoms with Crippen LogP contribution in [0.25, 0.3) is 0 Å². The van der Waals surface area contributed by atoms with Crippen LogP contribution in [0.15, 0.2) is 30.3 Å². The number of benzene rings is 2. The molecule has 8 nitrogen and oxygen atoms in total. The van der Waals surface area contributed by atoms with E-state index in [4.69, 9.17) is 19.9 Å². The average molecular weight is 383 g/mol. The molecule has 0 spiro atoms. The maximum Gasteiger partial charge on any atom is 0.201 e. The molecule has 2 aromatic rings. The summed E-state index contributed by atoms with van der Waals surface area (Å²) in [5.74, 6) is -1.66. The van der Waals surface area contributed by atoms with Gasteiger partial charge in [0, 0.05) is 23.6 Å². The first kappa shape index (κ1) is 17.3. The Morgan fingerprint density at radius 1 is 1.04 bits per heavy atom. The van der Waals surface area contributed by atoms with Crippen LogP contribution in [-0.2, 0) is 20.8 Å². The van der Waals surface area contributed by atoms with Crippen molar-refractivity contribution in [1.82, 2.24) is 0 Å². The lowest BCUT2D eigenvalue weighted by molar-refractivity contribution is -0.185. The molecule has 144 valence electrons. The third-order valence-corrected chi connectivity index (χ3v) is 5.25. The summed E-state index contributed by atoms with van der Waals surface area (Å²) in [6.07, 6.45) is -0.490. The number of hydrogen-bond donors (Lipinski definition) is 3. The summed E-state index contributed by atoms with van der Waals surface area (Å²) >= 11 is 0. The Labute approximate surface area is 159 Å². The molecule has 2 heterocycles. The zero-order valence-corrected chi connectivity index (χ0v) is 14.6. The molecule has 2 fully saturated rings. The summed E-state index contributed by atoms with van der Waals surface area (Å²) < 4.78 is 16.5. The van der Waals surface area contributed by atoms with Gasteiger partial charge in [-0.05, 0) is 23.8 Å². The Bertz CT molecular complexity index is 1020. The van der Waals surface area contributed by atoms with Crippen LogP contribution in [0.4, 0.5) is 0 Å². The Kier molecular flexibility index (Phi) is 3.78. The number of ether oxygens (including phenoxy) is 3. The van der Waals surface area contributed by atoms with E-state index in [0.717, 1.165) is 0 Å². The standard InChI is InChI=1S/C20H17NO7/c21-11-6-14(27-20-19(11)28-20)26-7-8-4-10-16(13(23)5-8)18(25)15-9(17(10)24)2-1-3-12(15)22/h1-5,11,14,19-20,22-23H,6-7,21H2/t11-,14-,19+,20?/m0/s1. The maximum absolute atomic E-state index is 12.8. The number of epoxide rings is 1. The number of carbonyl (C=O) groups is 2. The minimum absolute atomic E-state index is 0.0595. The monoisotopic (exact) mass is 383 g/mol. The molecule has 3 aliphatic rings. The Morgan fingerprint density at radius 3 is 2.61 bits per heavy atom. The van der Waals surface area contributed by atoms with Crippen molar-refractivity contribution >= 4 is 11.6 Å². The number of rotatable bonds is 3. The second-order valence-corrected chi connectivity index (χ2v) is 7.14. The van der Waals surface area contributed by atoms with Crippen LogP contribution in [0.3, 0.4) is 0 Å². The molecular weight excluding hydrogens is 366 g/mol. The van der Waals surface area contributed by atoms with E-state index < -0.39 is 17.9 Å². The highest BCUT2D eigenvalue weighted by Gasteiger charge is 2.51. The van der Waals surface area contributed by atoms with Gasteiger partial charge in [0.15, 0.2) is 18.4 Å². The van der Waals surface area contributed by atoms with E-state index in [9.17, 15) is 19.8 Å². The summed E-state index contributed by atoms with van der Waals surface area (Å²) in [7, 11) is 0. The van der Waals surface area contributed by atoms with Crippen LogP contribution in [-0.4, -0.2) is 46.5 Å². The Balaban J connectivity index is 1.42. The number of phenolic OH excluding ortho intramolecular Hbond substituents is 2. The van der Waals surface area contributed by atoms with Crippen molar-refractivity contribution in [3.8, 4) is 11.5 Å². The lowest BCUT2D eigenvalue weighted by atomic mass is 9.82. The number of carbonyl (C=O) groups excluding carboxylic acids is 2. The van der Waals surface area contributed by atoms with Crippen molar-refractivity contribution in [3.05, 3.63) is 58.1 Å². The summed E-state index contributed by atoms with van der Waals surface area (Å²) in [5.41, 5.74) is 6.44. The third kappa shape index (κ3) is 2.61. The van der Waals surface area contributed by atoms with E-state index in [0.29, 0.717) is 12.0 Å². The highest BCUT2D eigenvalue weighted by molar-refractivity contribution is 6.30. The fraction of sp³-hybridized carbons (Fsp3) is 0.300. The molecule has 1 aliphatic carbocycles. The quantitative estimate of drug-likeness (QED) is 0.575. The van der Waals surface area contributed by atoms with Gasteiger partial charge in [-0.25, -0.2) is 0 Å². The highest BCUT2D eigenvalue weighted by atomic mass is 16.8. The van der Waals surface area contributed by atoms with Crippen molar-refractivity contribution in [2.24, 2.45) is 5.73 Å². The van der Waals surface area contributed by atoms with E-state index in [1.165, 1.54) is 30.3 Å². The second kappa shape index (κ2) is 6.11. The molecule has 4 atom stereocenters. The van der Waals surface area contributed by atoms with Crippen molar-refractivity contribution < 1.29 is 34.0 Å². The number of nitrogens with two attached hydrogens (primary N) is 1. The van der Waals surface area contributed by atoms with Gasteiger partial charge in [0.25, 0.3) is 0 Å². The van der Waals surface area contributed by atoms with Gasteiger partial charge in [0.05, 0.1) is 17.7 Å². The van der Waals surface area contributed by atoms with Gasteiger partial charge >= 0.3 is 0 Å². The lowest BCUT2D eigenvalue weighted by Gasteiger charge is -2.24. The average Bonchev–Trinajstić information content (AvgIpc) is 3.44. The fourth-order valence-corrected chi connectivity index (χ4v) is 3.80. The highest BCUT2D eigenvalue weighted by Crippen LogP contribution is 2.38. The minimum atomic E-state index is -0.592. The van der Waals surface area contributed by atoms with Crippen LogP contribution in [0.2, 0.25) is 0 Å². The van der Waals surface area contributed by atoms with Crippen LogP contribution in [0.1, 0.15) is 43.8 Å². The molecule has 2 saturated heterocycles. The van der Waals surface area contributed by atoms with Crippen molar-refractivity contribution in [1.29, 1.82) is 0 Å². The van der Waals surface area contributed by atoms with Crippen molar-refractivity contribution in [2.45, 2.75) is 37.8 Å². The zero-order chi connectivity index (χ0) is 19.6. The van der Waals surface area contributed by atoms with Gasteiger partial charge < -0.3 is 30.2 Å². The second-order valence-electron chi connectivity index (χ2n) is 7.14. The molecule has 5 rings (SSSR count). The first-order valence-corrected chi connectivity index (χ1v) is 8.89. The number of phenols is 2. The van der Waals surface area contributed by atoms with Crippen LogP contribution in [0.5, 0.6) is 11.5 Å². The Morgan fingerprint density at radius 2 is 1.82 bits per heavy atom. The smallest absolute Gasteiger partial charge is 0.201 e. The topological polar surface area (TPSA) is 132 Å². The zero-order valence-electron chi connectivity index (χ0n) is 14.6. The first-order valence-electron chi connectivity index (χ1n) is 8.89. The van der Waals surface area contributed by atoms with Crippen molar-refractivity contribution in [3.63, 3.8) is 0 Å². The summed E-state index contributed by atoms with van der Waals surface area (Å²) in [6.45, 7) is 0.0595. The molecule has 0 saturated carbocycles. The predicted molar refractivity (Wildman–Crippen MR) is 94.0 cm³/mol. The number of hydrogen-bond acceptors (Lipinski definition) is 8.